The number of nitrogens with zero attached hydrogens (tertiary/aromatic N) is 5. The molecule has 0 radical (unpaired) electrons. The van der Waals surface area contributed by atoms with Gasteiger partial charge in [0.15, 0.2) is 0 Å². The molecule has 0 amide bonds. The molecule has 0 saturated carbocycles. The first kappa shape index (κ1) is 16.2. The molecule has 0 fully saturated rings. The van der Waals surface area contributed by atoms with Crippen molar-refractivity contribution in [3.8, 4) is 11.8 Å². The number of thiophene rings is 1. The van der Waals surface area contributed by atoms with Crippen molar-refractivity contribution < 1.29 is 0 Å². The molecule has 26 heavy (non-hydrogen) atoms. The highest BCUT2D eigenvalue weighted by Crippen LogP contribution is 2.35. The highest BCUT2D eigenvalue weighted by atomic mass is 32.1. The van der Waals surface area contributed by atoms with E-state index in [0.29, 0.717) is 21.5 Å². The molecular weight excluding hydrogens is 346 g/mol. The Morgan fingerprint density at radius 3 is 2.77 bits per heavy atom. The van der Waals surface area contributed by atoms with E-state index in [1.807, 2.05) is 44.1 Å². The molecule has 0 spiro atoms. The third-order valence-corrected chi connectivity index (χ3v) is 5.44. The van der Waals surface area contributed by atoms with Gasteiger partial charge in [-0.05, 0) is 30.7 Å². The molecule has 0 saturated heterocycles. The lowest BCUT2D eigenvalue weighted by Gasteiger charge is -2.13. The Hall–Kier alpha value is -3.24. The normalized spacial score (nSPS) is 11.0. The first-order valence-electron chi connectivity index (χ1n) is 7.98. The van der Waals surface area contributed by atoms with Crippen LogP contribution in [0.15, 0.2) is 41.6 Å². The van der Waals surface area contributed by atoms with Gasteiger partial charge in [0.2, 0.25) is 0 Å². The molecule has 0 aliphatic carbocycles. The van der Waals surface area contributed by atoms with Crippen molar-refractivity contribution in [1.82, 2.24) is 14.5 Å². The number of benzene rings is 1. The van der Waals surface area contributed by atoms with Crippen molar-refractivity contribution in [2.45, 2.75) is 6.92 Å². The van der Waals surface area contributed by atoms with E-state index in [9.17, 15) is 10.1 Å². The summed E-state index contributed by atoms with van der Waals surface area (Å²) >= 11 is 1.34. The van der Waals surface area contributed by atoms with Crippen LogP contribution in [0.5, 0.6) is 0 Å². The van der Waals surface area contributed by atoms with Gasteiger partial charge in [-0.25, -0.2) is 9.97 Å². The molecule has 0 aliphatic heterocycles. The molecule has 0 bridgehead atoms. The Labute approximate surface area is 153 Å². The smallest absolute Gasteiger partial charge is 0.275 e. The fourth-order valence-electron chi connectivity index (χ4n) is 2.97. The van der Waals surface area contributed by atoms with E-state index in [1.54, 1.807) is 12.3 Å². The van der Waals surface area contributed by atoms with Gasteiger partial charge in [0.1, 0.15) is 15.9 Å². The number of aryl methyl sites for hydroxylation is 1. The number of fused-ring (bicyclic) bond motifs is 3. The van der Waals surface area contributed by atoms with Gasteiger partial charge in [0.25, 0.3) is 5.56 Å². The highest BCUT2D eigenvalue weighted by molar-refractivity contribution is 7.25. The fraction of sp³-hybridized carbons (Fsp3) is 0.158. The zero-order valence-electron chi connectivity index (χ0n) is 14.5. The molecular formula is C19H15N5OS. The van der Waals surface area contributed by atoms with Crippen LogP contribution in [0.1, 0.15) is 11.1 Å². The second-order valence-corrected chi connectivity index (χ2v) is 7.21. The number of hydrogen-bond acceptors (Lipinski definition) is 6. The van der Waals surface area contributed by atoms with Crippen LogP contribution >= 0.6 is 11.3 Å². The van der Waals surface area contributed by atoms with E-state index in [-0.39, 0.29) is 5.56 Å². The molecule has 3 aromatic heterocycles. The van der Waals surface area contributed by atoms with Crippen molar-refractivity contribution in [1.29, 1.82) is 5.26 Å². The summed E-state index contributed by atoms with van der Waals surface area (Å²) in [4.78, 5) is 24.8. The molecule has 0 N–H and O–H groups in total. The van der Waals surface area contributed by atoms with Crippen molar-refractivity contribution in [2.75, 3.05) is 19.0 Å². The van der Waals surface area contributed by atoms with E-state index in [0.717, 1.165) is 21.5 Å². The van der Waals surface area contributed by atoms with Gasteiger partial charge < -0.3 is 4.90 Å². The minimum atomic E-state index is -0.157. The molecule has 6 nitrogen and oxygen atoms in total. The van der Waals surface area contributed by atoms with E-state index >= 15 is 0 Å². The van der Waals surface area contributed by atoms with Crippen molar-refractivity contribution in [2.24, 2.45) is 0 Å². The van der Waals surface area contributed by atoms with Crippen LogP contribution in [-0.4, -0.2) is 28.6 Å². The van der Waals surface area contributed by atoms with Gasteiger partial charge in [-0.1, -0.05) is 6.07 Å². The van der Waals surface area contributed by atoms with Crippen LogP contribution in [-0.2, 0) is 0 Å². The average molecular weight is 361 g/mol. The largest absolute Gasteiger partial charge is 0.377 e. The van der Waals surface area contributed by atoms with Crippen LogP contribution in [0.4, 0.5) is 5.69 Å². The molecule has 4 aromatic rings. The summed E-state index contributed by atoms with van der Waals surface area (Å²) < 4.78 is 2.04. The first-order chi connectivity index (χ1) is 12.5. The van der Waals surface area contributed by atoms with Crippen LogP contribution in [0.25, 0.3) is 26.1 Å². The summed E-state index contributed by atoms with van der Waals surface area (Å²) in [6.45, 7) is 1.87. The molecule has 0 aliphatic rings. The Balaban J connectivity index is 2.03. The highest BCUT2D eigenvalue weighted by Gasteiger charge is 2.17. The second-order valence-electron chi connectivity index (χ2n) is 6.22. The molecule has 3 heterocycles. The Bertz CT molecular complexity index is 1260. The minimum Gasteiger partial charge on any atom is -0.377 e. The maximum absolute atomic E-state index is 13.1. The van der Waals surface area contributed by atoms with E-state index in [4.69, 9.17) is 0 Å². The minimum absolute atomic E-state index is 0.157. The lowest BCUT2D eigenvalue weighted by Crippen LogP contribution is -2.18. The SMILES string of the molecule is Cc1ccc(-n2cnc3c(sc4nccc(N(C)C)c43)c2=O)cc1C#N. The maximum atomic E-state index is 13.1. The summed E-state index contributed by atoms with van der Waals surface area (Å²) in [7, 11) is 3.91. The summed E-state index contributed by atoms with van der Waals surface area (Å²) in [6.07, 6.45) is 3.26. The third-order valence-electron chi connectivity index (χ3n) is 4.36. The molecule has 128 valence electrons. The molecule has 7 heteroatoms. The lowest BCUT2D eigenvalue weighted by molar-refractivity contribution is 0.965. The van der Waals surface area contributed by atoms with Crippen LogP contribution in [0.3, 0.4) is 0 Å². The van der Waals surface area contributed by atoms with Crippen LogP contribution < -0.4 is 10.5 Å². The van der Waals surface area contributed by atoms with E-state index in [1.165, 1.54) is 22.2 Å². The topological polar surface area (TPSA) is 74.8 Å². The maximum Gasteiger partial charge on any atom is 0.275 e. The number of pyridine rings is 1. The van der Waals surface area contributed by atoms with E-state index in [2.05, 4.69) is 16.0 Å². The molecule has 0 unspecified atom stereocenters. The standard InChI is InChI=1S/C19H15N5OS/c1-11-4-5-13(8-12(11)9-20)24-10-22-16-15-14(23(2)3)6-7-21-18(15)26-17(16)19(24)25/h4-8,10H,1-3H3. The summed E-state index contributed by atoms with van der Waals surface area (Å²) in [5.41, 5.74) is 3.53. The van der Waals surface area contributed by atoms with Crippen molar-refractivity contribution in [3.63, 3.8) is 0 Å². The van der Waals surface area contributed by atoms with Crippen LogP contribution in [0.2, 0.25) is 0 Å². The monoisotopic (exact) mass is 361 g/mol. The number of aromatic nitrogens is 3. The fourth-order valence-corrected chi connectivity index (χ4v) is 4.02. The Kier molecular flexibility index (Phi) is 3.71. The zero-order chi connectivity index (χ0) is 18.4. The van der Waals surface area contributed by atoms with E-state index < -0.39 is 0 Å². The third kappa shape index (κ3) is 2.35. The Morgan fingerprint density at radius 2 is 2.04 bits per heavy atom. The molecule has 0 atom stereocenters. The summed E-state index contributed by atoms with van der Waals surface area (Å²) in [5, 5.41) is 10.1. The number of rotatable bonds is 2. The van der Waals surface area contributed by atoms with Gasteiger partial charge in [-0.3, -0.25) is 9.36 Å². The number of hydrogen-bond donors (Lipinski definition) is 0. The van der Waals surface area contributed by atoms with Crippen molar-refractivity contribution >= 4 is 37.5 Å². The average Bonchev–Trinajstić information content (AvgIpc) is 3.02. The van der Waals surface area contributed by atoms with Gasteiger partial charge in [0, 0.05) is 20.3 Å². The predicted molar refractivity (Wildman–Crippen MR) is 104 cm³/mol. The molecule has 4 rings (SSSR count). The molecule has 1 aromatic carbocycles. The first-order valence-corrected chi connectivity index (χ1v) is 8.80. The quantitative estimate of drug-likeness (QED) is 0.548. The summed E-state index contributed by atoms with van der Waals surface area (Å²) in [5.74, 6) is 0. The second kappa shape index (κ2) is 5.93. The summed E-state index contributed by atoms with van der Waals surface area (Å²) in [6, 6.07) is 9.44. The van der Waals surface area contributed by atoms with Gasteiger partial charge in [-0.15, -0.1) is 11.3 Å². The lowest BCUT2D eigenvalue weighted by atomic mass is 10.1. The Morgan fingerprint density at radius 1 is 1.23 bits per heavy atom. The van der Waals surface area contributed by atoms with Gasteiger partial charge >= 0.3 is 0 Å². The van der Waals surface area contributed by atoms with Crippen molar-refractivity contribution in [3.05, 3.63) is 58.3 Å². The zero-order valence-corrected chi connectivity index (χ0v) is 15.3. The van der Waals surface area contributed by atoms with Crippen LogP contribution in [0, 0.1) is 18.3 Å². The van der Waals surface area contributed by atoms with Gasteiger partial charge in [0.05, 0.1) is 33.9 Å². The number of anilines is 1. The number of nitriles is 1. The van der Waals surface area contributed by atoms with Gasteiger partial charge in [-0.2, -0.15) is 5.26 Å². The predicted octanol–water partition coefficient (Wildman–Crippen LogP) is 3.24.